The molecule has 2 aromatic rings. The van der Waals surface area contributed by atoms with Crippen molar-refractivity contribution in [2.45, 2.75) is 32.7 Å². The van der Waals surface area contributed by atoms with Crippen molar-refractivity contribution in [3.63, 3.8) is 0 Å². The Bertz CT molecular complexity index is 992. The minimum Gasteiger partial charge on any atom is -0.497 e. The summed E-state index contributed by atoms with van der Waals surface area (Å²) in [5.41, 5.74) is 5.56. The maximum Gasteiger partial charge on any atom is 0.154 e. The number of nitrogens with zero attached hydrogens (tertiary/aromatic N) is 2. The SMILES string of the molecule is COc1ccc([C@H]2[C@@H]3CCc4cc(OC)ccc4C3=NN2C(C)=CC(C)=O)cc1. The first-order valence-corrected chi connectivity index (χ1v) is 9.89. The second-order valence-electron chi connectivity index (χ2n) is 7.61. The summed E-state index contributed by atoms with van der Waals surface area (Å²) in [6.07, 6.45) is 3.64. The minimum absolute atomic E-state index is 0.0242. The average molecular weight is 390 g/mol. The molecule has 0 bridgehead atoms. The van der Waals surface area contributed by atoms with E-state index in [-0.39, 0.29) is 17.7 Å². The number of methoxy groups -OCH3 is 2. The fraction of sp³-hybridized carbons (Fsp3) is 0.333. The van der Waals surface area contributed by atoms with Gasteiger partial charge in [-0.05, 0) is 68.1 Å². The predicted octanol–water partition coefficient (Wildman–Crippen LogP) is 4.52. The summed E-state index contributed by atoms with van der Waals surface area (Å²) in [5.74, 6) is 1.99. The smallest absolute Gasteiger partial charge is 0.154 e. The van der Waals surface area contributed by atoms with Gasteiger partial charge in [-0.3, -0.25) is 9.80 Å². The molecule has 4 rings (SSSR count). The van der Waals surface area contributed by atoms with Crippen LogP contribution in [0.3, 0.4) is 0 Å². The van der Waals surface area contributed by atoms with Gasteiger partial charge in [0.05, 0.1) is 26.0 Å². The number of hydrogen-bond donors (Lipinski definition) is 0. The monoisotopic (exact) mass is 390 g/mol. The number of hydrazone groups is 1. The van der Waals surface area contributed by atoms with E-state index >= 15 is 0 Å². The summed E-state index contributed by atoms with van der Waals surface area (Å²) in [6, 6.07) is 14.4. The molecule has 0 aromatic heterocycles. The van der Waals surface area contributed by atoms with E-state index in [2.05, 4.69) is 24.3 Å². The van der Waals surface area contributed by atoms with Gasteiger partial charge in [0.1, 0.15) is 11.5 Å². The van der Waals surface area contributed by atoms with Gasteiger partial charge in [-0.25, -0.2) is 0 Å². The first-order chi connectivity index (χ1) is 14.0. The topological polar surface area (TPSA) is 51.1 Å². The van der Waals surface area contributed by atoms with Gasteiger partial charge < -0.3 is 9.47 Å². The van der Waals surface area contributed by atoms with E-state index < -0.39 is 0 Å². The highest BCUT2D eigenvalue weighted by Gasteiger charge is 2.42. The lowest BCUT2D eigenvalue weighted by Gasteiger charge is -2.31. The van der Waals surface area contributed by atoms with Crippen LogP contribution in [-0.2, 0) is 11.2 Å². The van der Waals surface area contributed by atoms with Crippen LogP contribution in [0, 0.1) is 5.92 Å². The molecule has 0 amide bonds. The number of carbonyl (C=O) groups is 1. The lowest BCUT2D eigenvalue weighted by Crippen LogP contribution is -2.28. The molecule has 0 saturated carbocycles. The molecule has 29 heavy (non-hydrogen) atoms. The first kappa shape index (κ1) is 19.2. The Morgan fingerprint density at radius 3 is 2.41 bits per heavy atom. The molecule has 0 spiro atoms. The van der Waals surface area contributed by atoms with Gasteiger partial charge in [-0.1, -0.05) is 12.1 Å². The Kier molecular flexibility index (Phi) is 5.14. The highest BCUT2D eigenvalue weighted by Crippen LogP contribution is 2.45. The third kappa shape index (κ3) is 3.53. The van der Waals surface area contributed by atoms with E-state index in [1.807, 2.05) is 30.1 Å². The molecule has 0 N–H and O–H groups in total. The van der Waals surface area contributed by atoms with E-state index in [1.54, 1.807) is 27.2 Å². The number of fused-ring (bicyclic) bond motifs is 3. The molecule has 5 heteroatoms. The molecular weight excluding hydrogens is 364 g/mol. The van der Waals surface area contributed by atoms with Gasteiger partial charge in [0.2, 0.25) is 0 Å². The molecule has 0 fully saturated rings. The number of ketones is 1. The summed E-state index contributed by atoms with van der Waals surface area (Å²) in [6.45, 7) is 3.53. The molecule has 0 unspecified atom stereocenters. The Balaban J connectivity index is 1.79. The van der Waals surface area contributed by atoms with Crippen LogP contribution in [-0.4, -0.2) is 30.7 Å². The summed E-state index contributed by atoms with van der Waals surface area (Å²) in [5, 5.41) is 7.03. The molecule has 5 nitrogen and oxygen atoms in total. The normalized spacial score (nSPS) is 20.6. The zero-order valence-corrected chi connectivity index (χ0v) is 17.3. The highest BCUT2D eigenvalue weighted by molar-refractivity contribution is 6.06. The predicted molar refractivity (Wildman–Crippen MR) is 113 cm³/mol. The molecule has 2 atom stereocenters. The molecule has 0 saturated heterocycles. The molecule has 2 aromatic carbocycles. The molecule has 1 aliphatic heterocycles. The van der Waals surface area contributed by atoms with E-state index in [1.165, 1.54) is 16.7 Å². The third-order valence-electron chi connectivity index (χ3n) is 5.76. The number of benzene rings is 2. The maximum absolute atomic E-state index is 11.7. The van der Waals surface area contributed by atoms with Crippen LogP contribution in [0.1, 0.15) is 43.0 Å². The average Bonchev–Trinajstić information content (AvgIpc) is 3.13. The van der Waals surface area contributed by atoms with Gasteiger partial charge in [-0.15, -0.1) is 0 Å². The summed E-state index contributed by atoms with van der Waals surface area (Å²) >= 11 is 0. The van der Waals surface area contributed by atoms with Crippen LogP contribution in [0.25, 0.3) is 0 Å². The summed E-state index contributed by atoms with van der Waals surface area (Å²) in [4.78, 5) is 11.7. The van der Waals surface area contributed by atoms with E-state index in [0.717, 1.165) is 35.7 Å². The van der Waals surface area contributed by atoms with Crippen LogP contribution in [0.15, 0.2) is 59.3 Å². The number of allylic oxidation sites excluding steroid dienone is 2. The Hall–Kier alpha value is -3.08. The van der Waals surface area contributed by atoms with E-state index in [0.29, 0.717) is 0 Å². The zero-order chi connectivity index (χ0) is 20.5. The Morgan fingerprint density at radius 1 is 1.07 bits per heavy atom. The molecular formula is C24H26N2O3. The molecule has 0 radical (unpaired) electrons. The lowest BCUT2D eigenvalue weighted by atomic mass is 9.77. The zero-order valence-electron chi connectivity index (χ0n) is 17.3. The van der Waals surface area contributed by atoms with Crippen molar-refractivity contribution in [2.24, 2.45) is 11.0 Å². The van der Waals surface area contributed by atoms with Crippen LogP contribution in [0.2, 0.25) is 0 Å². The number of rotatable bonds is 5. The third-order valence-corrected chi connectivity index (χ3v) is 5.76. The van der Waals surface area contributed by atoms with Crippen molar-refractivity contribution in [3.05, 3.63) is 70.9 Å². The Morgan fingerprint density at radius 2 is 1.76 bits per heavy atom. The van der Waals surface area contributed by atoms with Crippen molar-refractivity contribution in [3.8, 4) is 11.5 Å². The highest BCUT2D eigenvalue weighted by atomic mass is 16.5. The van der Waals surface area contributed by atoms with Crippen molar-refractivity contribution >= 4 is 11.5 Å². The molecule has 1 heterocycles. The summed E-state index contributed by atoms with van der Waals surface area (Å²) < 4.78 is 10.7. The quantitative estimate of drug-likeness (QED) is 0.705. The van der Waals surface area contributed by atoms with Crippen molar-refractivity contribution < 1.29 is 14.3 Å². The number of carbonyl (C=O) groups excluding carboxylic acids is 1. The van der Waals surface area contributed by atoms with Gasteiger partial charge >= 0.3 is 0 Å². The number of aryl methyl sites for hydroxylation is 1. The van der Waals surface area contributed by atoms with Crippen molar-refractivity contribution in [2.75, 3.05) is 14.2 Å². The standard InChI is InChI=1S/C24H26N2O3/c1-15(13-16(2)27)26-24(17-5-8-19(28-3)9-6-17)22-11-7-18-14-20(29-4)10-12-21(18)23(22)25-26/h5-6,8-10,12-14,22,24H,7,11H2,1-4H3/t22-,24+/m1/s1. The van der Waals surface area contributed by atoms with E-state index in [9.17, 15) is 4.79 Å². The fourth-order valence-electron chi connectivity index (χ4n) is 4.42. The Labute approximate surface area is 171 Å². The summed E-state index contributed by atoms with van der Waals surface area (Å²) in [7, 11) is 3.36. The largest absolute Gasteiger partial charge is 0.497 e. The second-order valence-corrected chi connectivity index (χ2v) is 7.61. The number of hydrogen-bond acceptors (Lipinski definition) is 5. The van der Waals surface area contributed by atoms with Crippen LogP contribution < -0.4 is 9.47 Å². The van der Waals surface area contributed by atoms with Gasteiger partial charge in [-0.2, -0.15) is 5.10 Å². The fourth-order valence-corrected chi connectivity index (χ4v) is 4.42. The van der Waals surface area contributed by atoms with Gasteiger partial charge in [0.15, 0.2) is 5.78 Å². The maximum atomic E-state index is 11.7. The molecule has 1 aliphatic carbocycles. The molecule has 150 valence electrons. The van der Waals surface area contributed by atoms with Crippen molar-refractivity contribution in [1.82, 2.24) is 5.01 Å². The van der Waals surface area contributed by atoms with Crippen LogP contribution in [0.4, 0.5) is 0 Å². The van der Waals surface area contributed by atoms with Crippen LogP contribution in [0.5, 0.6) is 11.5 Å². The van der Waals surface area contributed by atoms with Gasteiger partial charge in [0, 0.05) is 23.3 Å². The van der Waals surface area contributed by atoms with Crippen LogP contribution >= 0.6 is 0 Å². The molecule has 2 aliphatic rings. The van der Waals surface area contributed by atoms with E-state index in [4.69, 9.17) is 14.6 Å². The van der Waals surface area contributed by atoms with Gasteiger partial charge in [0.25, 0.3) is 0 Å². The second kappa shape index (κ2) is 7.74. The minimum atomic E-state index is 0.0242. The number of ether oxygens (including phenoxy) is 2. The van der Waals surface area contributed by atoms with Crippen molar-refractivity contribution in [1.29, 1.82) is 0 Å². The lowest BCUT2D eigenvalue weighted by molar-refractivity contribution is -0.112. The first-order valence-electron chi connectivity index (χ1n) is 9.89.